The zero-order valence-electron chi connectivity index (χ0n) is 16.1. The first-order valence-corrected chi connectivity index (χ1v) is 10.2. The molecular weight excluding hydrogens is 388 g/mol. The van der Waals surface area contributed by atoms with Crippen molar-refractivity contribution in [2.24, 2.45) is 0 Å². The molecule has 1 aliphatic rings. The van der Waals surface area contributed by atoms with Crippen LogP contribution in [0.2, 0.25) is 5.02 Å². The van der Waals surface area contributed by atoms with E-state index >= 15 is 0 Å². The second kappa shape index (κ2) is 8.80. The summed E-state index contributed by atoms with van der Waals surface area (Å²) in [5.41, 5.74) is 1.97. The Morgan fingerprint density at radius 1 is 1.14 bits per heavy atom. The van der Waals surface area contributed by atoms with Crippen molar-refractivity contribution in [1.82, 2.24) is 10.5 Å². The van der Waals surface area contributed by atoms with E-state index in [0.29, 0.717) is 36.8 Å². The summed E-state index contributed by atoms with van der Waals surface area (Å²) >= 11 is 5.92. The van der Waals surface area contributed by atoms with E-state index < -0.39 is 5.60 Å². The Labute approximate surface area is 175 Å². The van der Waals surface area contributed by atoms with Crippen molar-refractivity contribution in [3.05, 3.63) is 77.0 Å². The second-order valence-electron chi connectivity index (χ2n) is 7.30. The third kappa shape index (κ3) is 4.69. The average molecular weight is 411 g/mol. The summed E-state index contributed by atoms with van der Waals surface area (Å²) in [6, 6.07) is 19.4. The Hall–Kier alpha value is -2.63. The molecule has 1 aliphatic heterocycles. The van der Waals surface area contributed by atoms with E-state index in [1.54, 1.807) is 0 Å². The van der Waals surface area contributed by atoms with Gasteiger partial charge in [-0.15, -0.1) is 0 Å². The Bertz CT molecular complexity index is 948. The minimum Gasteiger partial charge on any atom is -0.365 e. The maximum absolute atomic E-state index is 13.0. The van der Waals surface area contributed by atoms with Crippen molar-refractivity contribution >= 4 is 17.5 Å². The molecule has 1 aromatic heterocycles. The number of halogens is 1. The van der Waals surface area contributed by atoms with Crippen LogP contribution in [0, 0.1) is 0 Å². The van der Waals surface area contributed by atoms with E-state index in [0.717, 1.165) is 29.7 Å². The van der Waals surface area contributed by atoms with Gasteiger partial charge in [0.25, 0.3) is 5.91 Å². The lowest BCUT2D eigenvalue weighted by Crippen LogP contribution is -2.48. The van der Waals surface area contributed by atoms with Gasteiger partial charge < -0.3 is 14.6 Å². The normalized spacial score (nSPS) is 18.7. The van der Waals surface area contributed by atoms with E-state index in [-0.39, 0.29) is 5.91 Å². The monoisotopic (exact) mass is 410 g/mol. The number of carbonyl (C=O) groups excluding carboxylic acids is 1. The first kappa shape index (κ1) is 19.7. The van der Waals surface area contributed by atoms with Crippen molar-refractivity contribution in [3.8, 4) is 11.3 Å². The van der Waals surface area contributed by atoms with Gasteiger partial charge in [0.2, 0.25) is 0 Å². The van der Waals surface area contributed by atoms with Crippen LogP contribution < -0.4 is 5.32 Å². The van der Waals surface area contributed by atoms with Gasteiger partial charge in [-0.3, -0.25) is 4.79 Å². The maximum atomic E-state index is 13.0. The van der Waals surface area contributed by atoms with E-state index in [2.05, 4.69) is 10.5 Å². The van der Waals surface area contributed by atoms with Gasteiger partial charge in [-0.25, -0.2) is 0 Å². The van der Waals surface area contributed by atoms with Gasteiger partial charge in [0.15, 0.2) is 5.60 Å². The molecule has 1 saturated heterocycles. The molecule has 1 atom stereocenters. The van der Waals surface area contributed by atoms with Crippen LogP contribution in [-0.2, 0) is 22.4 Å². The number of rotatable bonds is 7. The molecule has 5 nitrogen and oxygen atoms in total. The van der Waals surface area contributed by atoms with Crippen molar-refractivity contribution in [2.75, 3.05) is 13.2 Å². The van der Waals surface area contributed by atoms with Crippen LogP contribution in [-0.4, -0.2) is 29.8 Å². The minimum absolute atomic E-state index is 0.0957. The predicted octanol–water partition coefficient (Wildman–Crippen LogP) is 4.45. The van der Waals surface area contributed by atoms with Crippen molar-refractivity contribution in [2.45, 2.75) is 31.3 Å². The molecule has 150 valence electrons. The number of aromatic nitrogens is 1. The van der Waals surface area contributed by atoms with E-state index in [1.165, 1.54) is 0 Å². The van der Waals surface area contributed by atoms with Crippen LogP contribution >= 0.6 is 11.6 Å². The number of benzene rings is 2. The Balaban J connectivity index is 1.40. The summed E-state index contributed by atoms with van der Waals surface area (Å²) < 4.78 is 11.4. The fourth-order valence-corrected chi connectivity index (χ4v) is 3.78. The predicted molar refractivity (Wildman–Crippen MR) is 112 cm³/mol. The molecule has 4 rings (SSSR count). The van der Waals surface area contributed by atoms with Crippen LogP contribution in [0.4, 0.5) is 0 Å². The second-order valence-corrected chi connectivity index (χ2v) is 7.74. The minimum atomic E-state index is -0.895. The van der Waals surface area contributed by atoms with Crippen LogP contribution in [0.25, 0.3) is 11.3 Å². The number of nitrogens with one attached hydrogen (secondary N) is 1. The summed E-state index contributed by atoms with van der Waals surface area (Å²) in [5, 5.41) is 7.89. The first-order valence-electron chi connectivity index (χ1n) is 9.82. The number of carbonyl (C=O) groups is 1. The molecule has 0 aliphatic carbocycles. The van der Waals surface area contributed by atoms with Gasteiger partial charge in [0, 0.05) is 36.2 Å². The smallest absolute Gasteiger partial charge is 0.252 e. The van der Waals surface area contributed by atoms with Gasteiger partial charge >= 0.3 is 0 Å². The number of hydrogen-bond acceptors (Lipinski definition) is 4. The highest BCUT2D eigenvalue weighted by Crippen LogP contribution is 2.31. The van der Waals surface area contributed by atoms with Crippen molar-refractivity contribution < 1.29 is 14.1 Å². The molecule has 0 radical (unpaired) electrons. The lowest BCUT2D eigenvalue weighted by molar-refractivity contribution is -0.141. The molecule has 29 heavy (non-hydrogen) atoms. The Kier molecular flexibility index (Phi) is 5.97. The molecule has 2 aromatic carbocycles. The molecule has 1 N–H and O–H groups in total. The van der Waals surface area contributed by atoms with E-state index in [4.69, 9.17) is 20.9 Å². The average Bonchev–Trinajstić information content (AvgIpc) is 3.41. The van der Waals surface area contributed by atoms with Gasteiger partial charge in [-0.05, 0) is 37.0 Å². The van der Waals surface area contributed by atoms with Crippen LogP contribution in [0.15, 0.2) is 65.2 Å². The third-order valence-electron chi connectivity index (χ3n) is 5.22. The highest BCUT2D eigenvalue weighted by Gasteiger charge is 2.43. The number of ether oxygens (including phenoxy) is 1. The van der Waals surface area contributed by atoms with Crippen molar-refractivity contribution in [1.29, 1.82) is 0 Å². The zero-order chi connectivity index (χ0) is 20.1. The number of amides is 1. The molecule has 1 fully saturated rings. The summed E-state index contributed by atoms with van der Waals surface area (Å²) in [7, 11) is 0. The van der Waals surface area contributed by atoms with Crippen LogP contribution in [0.1, 0.15) is 24.2 Å². The summed E-state index contributed by atoms with van der Waals surface area (Å²) in [4.78, 5) is 13.0. The van der Waals surface area contributed by atoms with Gasteiger partial charge in [-0.1, -0.05) is 59.2 Å². The fourth-order valence-electron chi connectivity index (χ4n) is 3.65. The lowest BCUT2D eigenvalue weighted by Gasteiger charge is -2.26. The molecule has 0 saturated carbocycles. The molecule has 0 spiro atoms. The van der Waals surface area contributed by atoms with Gasteiger partial charge in [0.05, 0.1) is 0 Å². The van der Waals surface area contributed by atoms with Gasteiger partial charge in [-0.2, -0.15) is 0 Å². The zero-order valence-corrected chi connectivity index (χ0v) is 16.8. The summed E-state index contributed by atoms with van der Waals surface area (Å²) in [5.74, 6) is 0.556. The molecular formula is C23H23ClN2O3. The molecule has 1 amide bonds. The molecule has 3 aromatic rings. The highest BCUT2D eigenvalue weighted by molar-refractivity contribution is 6.30. The van der Waals surface area contributed by atoms with Gasteiger partial charge in [0.1, 0.15) is 11.5 Å². The number of hydrogen-bond donors (Lipinski definition) is 1. The first-order chi connectivity index (χ1) is 14.1. The maximum Gasteiger partial charge on any atom is 0.252 e. The third-order valence-corrected chi connectivity index (χ3v) is 5.47. The standard InChI is InChI=1S/C23H23ClN2O3/c24-19-9-7-17(8-10-19)11-13-25-22(27)23(12-4-14-28-23)16-20-15-21(26-29-20)18-5-2-1-3-6-18/h1-3,5-10,15H,4,11-14,16H2,(H,25,27)/t23-/m0/s1. The highest BCUT2D eigenvalue weighted by atomic mass is 35.5. The molecule has 0 bridgehead atoms. The Morgan fingerprint density at radius 2 is 1.93 bits per heavy atom. The van der Waals surface area contributed by atoms with Crippen molar-refractivity contribution in [3.63, 3.8) is 0 Å². The quantitative estimate of drug-likeness (QED) is 0.625. The fraction of sp³-hybridized carbons (Fsp3) is 0.304. The molecule has 0 unspecified atom stereocenters. The molecule has 2 heterocycles. The largest absolute Gasteiger partial charge is 0.365 e. The Morgan fingerprint density at radius 3 is 2.66 bits per heavy atom. The number of nitrogens with zero attached hydrogens (tertiary/aromatic N) is 1. The van der Waals surface area contributed by atoms with E-state index in [1.807, 2.05) is 60.7 Å². The van der Waals surface area contributed by atoms with Crippen LogP contribution in [0.5, 0.6) is 0 Å². The summed E-state index contributed by atoms with van der Waals surface area (Å²) in [6.45, 7) is 1.11. The lowest BCUT2D eigenvalue weighted by atomic mass is 9.93. The van der Waals surface area contributed by atoms with E-state index in [9.17, 15) is 4.79 Å². The van der Waals surface area contributed by atoms with Crippen LogP contribution in [0.3, 0.4) is 0 Å². The SMILES string of the molecule is O=C(NCCc1ccc(Cl)cc1)[C@@]1(Cc2cc(-c3ccccc3)no2)CCCO1. The topological polar surface area (TPSA) is 64.4 Å². The molecule has 6 heteroatoms. The summed E-state index contributed by atoms with van der Waals surface area (Å²) in [6.07, 6.45) is 2.63.